The van der Waals surface area contributed by atoms with Crippen molar-refractivity contribution < 1.29 is 0 Å². The molecule has 0 unspecified atom stereocenters. The predicted octanol–water partition coefficient (Wildman–Crippen LogP) is 6.13. The van der Waals surface area contributed by atoms with E-state index in [9.17, 15) is 0 Å². The zero-order chi connectivity index (χ0) is 22.4. The van der Waals surface area contributed by atoms with Crippen LogP contribution in [0.15, 0.2) is 66.1 Å². The Balaban J connectivity index is 0.00000106. The first kappa shape index (κ1) is 25.1. The maximum absolute atomic E-state index is 8.34. The third kappa shape index (κ3) is 7.85. The van der Waals surface area contributed by atoms with Crippen molar-refractivity contribution in [1.29, 1.82) is 10.8 Å². The van der Waals surface area contributed by atoms with E-state index in [0.29, 0.717) is 0 Å². The predicted molar refractivity (Wildman–Crippen MR) is 132 cm³/mol. The van der Waals surface area contributed by atoms with E-state index in [4.69, 9.17) is 10.8 Å². The van der Waals surface area contributed by atoms with Crippen LogP contribution in [0.1, 0.15) is 47.7 Å². The molecule has 3 aromatic rings. The highest BCUT2D eigenvalue weighted by Gasteiger charge is 2.10. The summed E-state index contributed by atoms with van der Waals surface area (Å²) in [6, 6.07) is 17.2. The van der Waals surface area contributed by atoms with Gasteiger partial charge in [-0.25, -0.2) is 4.98 Å². The van der Waals surface area contributed by atoms with E-state index >= 15 is 0 Å². The molecule has 2 aromatic carbocycles. The van der Waals surface area contributed by atoms with Gasteiger partial charge in [-0.3, -0.25) is 10.8 Å². The Hall–Kier alpha value is -2.89. The zero-order valence-electron chi connectivity index (χ0n) is 18.3. The molecule has 0 aliphatic rings. The standard InChI is InChI=1S/C22H21N3S.C2H6.CH5N/c1-16-25-20(15-26-16)13-6-5-8-17-9-7-12-19(14-17)22(24)21(23)18-10-3-2-4-11-18;2*1-2/h2-5,7-12,14-15,23-24H,6,13H2,1H3;1-2H3;2H2,1H3/b8-5+,23-21?,24-22?;;. The maximum Gasteiger partial charge on any atom is 0.0897 e. The van der Waals surface area contributed by atoms with E-state index in [0.717, 1.165) is 40.2 Å². The molecule has 3 rings (SSSR count). The Morgan fingerprint density at radius 1 is 0.967 bits per heavy atom. The van der Waals surface area contributed by atoms with Crippen molar-refractivity contribution in [3.8, 4) is 0 Å². The largest absolute Gasteiger partial charge is 0.333 e. The number of nitrogens with one attached hydrogen (secondary N) is 2. The van der Waals surface area contributed by atoms with Crippen molar-refractivity contribution in [2.45, 2.75) is 33.6 Å². The molecule has 158 valence electrons. The number of aromatic nitrogens is 1. The van der Waals surface area contributed by atoms with Gasteiger partial charge in [0, 0.05) is 16.5 Å². The number of hydrogen-bond donors (Lipinski definition) is 3. The van der Waals surface area contributed by atoms with Gasteiger partial charge in [0.15, 0.2) is 0 Å². The fraction of sp³-hybridized carbons (Fsp3) is 0.240. The molecule has 0 aliphatic heterocycles. The summed E-state index contributed by atoms with van der Waals surface area (Å²) in [5.74, 6) is 0. The van der Waals surface area contributed by atoms with Crippen molar-refractivity contribution in [2.24, 2.45) is 5.73 Å². The molecule has 0 amide bonds. The number of thiazole rings is 1. The number of benzene rings is 2. The van der Waals surface area contributed by atoms with Crippen molar-refractivity contribution in [2.75, 3.05) is 7.05 Å². The van der Waals surface area contributed by atoms with E-state index in [2.05, 4.69) is 28.2 Å². The highest BCUT2D eigenvalue weighted by atomic mass is 32.1. The Kier molecular flexibility index (Phi) is 11.9. The van der Waals surface area contributed by atoms with Gasteiger partial charge in [0.25, 0.3) is 0 Å². The molecular formula is C25H32N4S. The minimum absolute atomic E-state index is 0.240. The van der Waals surface area contributed by atoms with Crippen molar-refractivity contribution in [1.82, 2.24) is 4.98 Å². The van der Waals surface area contributed by atoms with Gasteiger partial charge >= 0.3 is 0 Å². The molecule has 0 radical (unpaired) electrons. The lowest BCUT2D eigenvalue weighted by molar-refractivity contribution is 0.953. The smallest absolute Gasteiger partial charge is 0.0897 e. The number of allylic oxidation sites excluding steroid dienone is 1. The van der Waals surface area contributed by atoms with Crippen molar-refractivity contribution >= 4 is 28.8 Å². The Morgan fingerprint density at radius 3 is 2.23 bits per heavy atom. The van der Waals surface area contributed by atoms with Crippen LogP contribution in [0.4, 0.5) is 0 Å². The van der Waals surface area contributed by atoms with Crippen LogP contribution in [0.2, 0.25) is 0 Å². The van der Waals surface area contributed by atoms with Crippen LogP contribution in [-0.4, -0.2) is 23.5 Å². The molecule has 0 bridgehead atoms. The first-order valence-electron chi connectivity index (χ1n) is 10.1. The lowest BCUT2D eigenvalue weighted by Gasteiger charge is -2.07. The van der Waals surface area contributed by atoms with Crippen molar-refractivity contribution in [3.05, 3.63) is 93.4 Å². The summed E-state index contributed by atoms with van der Waals surface area (Å²) in [5.41, 5.74) is 8.69. The highest BCUT2D eigenvalue weighted by Crippen LogP contribution is 2.13. The average Bonchev–Trinajstić information content (AvgIpc) is 3.24. The monoisotopic (exact) mass is 420 g/mol. The van der Waals surface area contributed by atoms with Gasteiger partial charge in [0.2, 0.25) is 0 Å². The second-order valence-corrected chi connectivity index (χ2v) is 7.10. The van der Waals surface area contributed by atoms with Gasteiger partial charge < -0.3 is 5.73 Å². The maximum atomic E-state index is 8.34. The molecule has 1 aromatic heterocycles. The molecular weight excluding hydrogens is 388 g/mol. The molecule has 0 fully saturated rings. The molecule has 0 spiro atoms. The number of hydrogen-bond acceptors (Lipinski definition) is 5. The summed E-state index contributed by atoms with van der Waals surface area (Å²) in [4.78, 5) is 4.47. The van der Waals surface area contributed by atoms with Crippen LogP contribution < -0.4 is 5.73 Å². The molecule has 0 saturated carbocycles. The Morgan fingerprint density at radius 2 is 1.60 bits per heavy atom. The SMILES string of the molecule is CC.CN.Cc1nc(CC/C=C/c2cccc(C(=N)C(=N)c3ccccc3)c2)cs1. The summed E-state index contributed by atoms with van der Waals surface area (Å²) in [7, 11) is 1.50. The van der Waals surface area contributed by atoms with Crippen LogP contribution in [-0.2, 0) is 6.42 Å². The van der Waals surface area contributed by atoms with Gasteiger partial charge in [-0.1, -0.05) is 74.5 Å². The van der Waals surface area contributed by atoms with Crippen LogP contribution in [0, 0.1) is 17.7 Å². The van der Waals surface area contributed by atoms with E-state index in [1.54, 1.807) is 11.3 Å². The molecule has 1 heterocycles. The zero-order valence-corrected chi connectivity index (χ0v) is 19.1. The third-order valence-corrected chi connectivity index (χ3v) is 4.85. The van der Waals surface area contributed by atoms with E-state index in [1.165, 1.54) is 7.05 Å². The first-order valence-corrected chi connectivity index (χ1v) is 11.0. The molecule has 30 heavy (non-hydrogen) atoms. The molecule has 4 N–H and O–H groups in total. The van der Waals surface area contributed by atoms with Gasteiger partial charge in [0.1, 0.15) is 0 Å². The second-order valence-electron chi connectivity index (χ2n) is 6.04. The molecule has 4 nitrogen and oxygen atoms in total. The third-order valence-electron chi connectivity index (χ3n) is 4.03. The van der Waals surface area contributed by atoms with Crippen LogP contribution in [0.25, 0.3) is 6.08 Å². The van der Waals surface area contributed by atoms with E-state index in [1.807, 2.05) is 75.4 Å². The van der Waals surface area contributed by atoms with Crippen LogP contribution in [0.3, 0.4) is 0 Å². The minimum Gasteiger partial charge on any atom is -0.333 e. The Bertz CT molecular complexity index is 943. The summed E-state index contributed by atoms with van der Waals surface area (Å²) >= 11 is 1.69. The number of nitrogens with zero attached hydrogens (tertiary/aromatic N) is 1. The van der Waals surface area contributed by atoms with Crippen molar-refractivity contribution in [3.63, 3.8) is 0 Å². The van der Waals surface area contributed by atoms with Gasteiger partial charge in [0.05, 0.1) is 22.1 Å². The lowest BCUT2D eigenvalue weighted by Crippen LogP contribution is -2.14. The highest BCUT2D eigenvalue weighted by molar-refractivity contribution is 7.09. The molecule has 5 heteroatoms. The van der Waals surface area contributed by atoms with E-state index in [-0.39, 0.29) is 11.4 Å². The van der Waals surface area contributed by atoms with Crippen LogP contribution >= 0.6 is 11.3 Å². The minimum atomic E-state index is 0.240. The summed E-state index contributed by atoms with van der Waals surface area (Å²) in [6.45, 7) is 6.03. The van der Waals surface area contributed by atoms with E-state index < -0.39 is 0 Å². The van der Waals surface area contributed by atoms with Gasteiger partial charge in [-0.2, -0.15) is 0 Å². The van der Waals surface area contributed by atoms with Gasteiger partial charge in [-0.05, 0) is 38.4 Å². The fourth-order valence-corrected chi connectivity index (χ4v) is 3.31. The summed E-state index contributed by atoms with van der Waals surface area (Å²) in [6.07, 6.45) is 6.09. The number of nitrogens with two attached hydrogens (primary N) is 1. The average molecular weight is 421 g/mol. The normalized spacial score (nSPS) is 9.90. The number of rotatable bonds is 7. The Labute approximate surface area is 184 Å². The first-order chi connectivity index (χ1) is 14.6. The van der Waals surface area contributed by atoms with Crippen LogP contribution in [0.5, 0.6) is 0 Å². The lowest BCUT2D eigenvalue weighted by atomic mass is 9.98. The summed E-state index contributed by atoms with van der Waals surface area (Å²) < 4.78 is 0. The topological polar surface area (TPSA) is 86.6 Å². The quantitative estimate of drug-likeness (QED) is 0.401. The molecule has 0 aliphatic carbocycles. The second kappa shape index (κ2) is 14.1. The fourth-order valence-electron chi connectivity index (χ4n) is 2.67. The van der Waals surface area contributed by atoms with Gasteiger partial charge in [-0.15, -0.1) is 11.3 Å². The molecule has 0 saturated heterocycles. The number of aryl methyl sites for hydroxylation is 2. The molecule has 0 atom stereocenters. The summed E-state index contributed by atoms with van der Waals surface area (Å²) in [5, 5.41) is 19.8.